The van der Waals surface area contributed by atoms with Gasteiger partial charge in [0.25, 0.3) is 0 Å². The molecule has 3 aromatic rings. The van der Waals surface area contributed by atoms with Crippen molar-refractivity contribution in [3.8, 4) is 11.3 Å². The zero-order valence-corrected chi connectivity index (χ0v) is 10.1. The van der Waals surface area contributed by atoms with E-state index in [2.05, 4.69) is 11.2 Å². The van der Waals surface area contributed by atoms with Crippen LogP contribution in [0.3, 0.4) is 0 Å². The number of hydrogen-bond acceptors (Lipinski definition) is 2. The van der Waals surface area contributed by atoms with Gasteiger partial charge >= 0.3 is 0 Å². The SMILES string of the molecule is Fc1[c]cccc1Cc1cc(-c2ccccc2)on1. The molecule has 0 aliphatic rings. The summed E-state index contributed by atoms with van der Waals surface area (Å²) < 4.78 is 18.8. The molecular formula is C16H11FNO. The van der Waals surface area contributed by atoms with Crippen LogP contribution in [0.1, 0.15) is 11.3 Å². The van der Waals surface area contributed by atoms with Gasteiger partial charge in [0, 0.05) is 24.1 Å². The molecule has 93 valence electrons. The second-order valence-electron chi connectivity index (χ2n) is 4.23. The van der Waals surface area contributed by atoms with Gasteiger partial charge in [0.15, 0.2) is 5.76 Å². The molecular weight excluding hydrogens is 241 g/mol. The van der Waals surface area contributed by atoms with Crippen LogP contribution in [0.15, 0.2) is 59.1 Å². The Hall–Kier alpha value is -2.42. The second kappa shape index (κ2) is 5.06. The van der Waals surface area contributed by atoms with Crippen molar-refractivity contribution in [1.29, 1.82) is 0 Å². The molecule has 0 amide bonds. The van der Waals surface area contributed by atoms with E-state index in [1.165, 1.54) is 0 Å². The van der Waals surface area contributed by atoms with Crippen molar-refractivity contribution in [3.05, 3.63) is 77.7 Å². The van der Waals surface area contributed by atoms with E-state index in [4.69, 9.17) is 4.52 Å². The third kappa shape index (κ3) is 2.55. The quantitative estimate of drug-likeness (QED) is 0.707. The summed E-state index contributed by atoms with van der Waals surface area (Å²) in [5, 5.41) is 3.97. The minimum atomic E-state index is -0.341. The van der Waals surface area contributed by atoms with Crippen LogP contribution in [-0.4, -0.2) is 5.16 Å². The van der Waals surface area contributed by atoms with Gasteiger partial charge in [-0.15, -0.1) is 0 Å². The molecule has 0 unspecified atom stereocenters. The first-order chi connectivity index (χ1) is 9.33. The number of aromatic nitrogens is 1. The van der Waals surface area contributed by atoms with Crippen LogP contribution in [0.5, 0.6) is 0 Å². The van der Waals surface area contributed by atoms with Crippen LogP contribution >= 0.6 is 0 Å². The maximum absolute atomic E-state index is 13.5. The van der Waals surface area contributed by atoms with Crippen LogP contribution < -0.4 is 0 Å². The van der Waals surface area contributed by atoms with Crippen molar-refractivity contribution in [2.24, 2.45) is 0 Å². The van der Waals surface area contributed by atoms with E-state index in [0.717, 1.165) is 5.56 Å². The predicted octanol–water partition coefficient (Wildman–Crippen LogP) is 3.87. The molecule has 2 aromatic carbocycles. The molecule has 1 heterocycles. The fourth-order valence-corrected chi connectivity index (χ4v) is 1.92. The third-order valence-corrected chi connectivity index (χ3v) is 2.87. The summed E-state index contributed by atoms with van der Waals surface area (Å²) in [4.78, 5) is 0. The second-order valence-corrected chi connectivity index (χ2v) is 4.23. The molecule has 3 heteroatoms. The summed E-state index contributed by atoms with van der Waals surface area (Å²) in [6.07, 6.45) is 0.402. The van der Waals surface area contributed by atoms with Crippen molar-refractivity contribution in [2.75, 3.05) is 0 Å². The summed E-state index contributed by atoms with van der Waals surface area (Å²) in [5.41, 5.74) is 2.23. The van der Waals surface area contributed by atoms with Gasteiger partial charge in [-0.05, 0) is 5.56 Å². The Bertz CT molecular complexity index is 676. The molecule has 0 fully saturated rings. The number of hydrogen-bond donors (Lipinski definition) is 0. The molecule has 0 saturated heterocycles. The Kier molecular flexibility index (Phi) is 3.11. The van der Waals surface area contributed by atoms with Gasteiger partial charge < -0.3 is 4.52 Å². The maximum Gasteiger partial charge on any atom is 0.167 e. The van der Waals surface area contributed by atoms with E-state index in [-0.39, 0.29) is 5.82 Å². The number of rotatable bonds is 3. The standard InChI is InChI=1S/C16H11FNO/c17-15-9-5-4-8-13(15)10-14-11-16(19-18-14)12-6-2-1-3-7-12/h1-8,11H,10H2. The molecule has 0 aliphatic carbocycles. The van der Waals surface area contributed by atoms with Crippen LogP contribution in [0, 0.1) is 11.9 Å². The van der Waals surface area contributed by atoms with Crippen LogP contribution in [0.25, 0.3) is 11.3 Å². The predicted molar refractivity (Wildman–Crippen MR) is 70.0 cm³/mol. The average molecular weight is 252 g/mol. The van der Waals surface area contributed by atoms with Gasteiger partial charge in [0.05, 0.1) is 5.69 Å². The van der Waals surface area contributed by atoms with E-state index < -0.39 is 0 Å². The van der Waals surface area contributed by atoms with Crippen LogP contribution in [0.4, 0.5) is 4.39 Å². The van der Waals surface area contributed by atoms with Gasteiger partial charge in [0.2, 0.25) is 0 Å². The van der Waals surface area contributed by atoms with Crippen molar-refractivity contribution in [1.82, 2.24) is 5.16 Å². The molecule has 0 atom stereocenters. The van der Waals surface area contributed by atoms with E-state index >= 15 is 0 Å². The summed E-state index contributed by atoms with van der Waals surface area (Å²) in [5.74, 6) is 0.350. The van der Waals surface area contributed by atoms with Crippen molar-refractivity contribution in [2.45, 2.75) is 6.42 Å². The van der Waals surface area contributed by atoms with E-state index in [1.54, 1.807) is 18.2 Å². The highest BCUT2D eigenvalue weighted by Gasteiger charge is 2.09. The summed E-state index contributed by atoms with van der Waals surface area (Å²) in [7, 11) is 0. The van der Waals surface area contributed by atoms with Gasteiger partial charge in [-0.3, -0.25) is 0 Å². The Morgan fingerprint density at radius 2 is 1.95 bits per heavy atom. The third-order valence-electron chi connectivity index (χ3n) is 2.87. The molecule has 0 saturated carbocycles. The number of halogens is 1. The molecule has 0 bridgehead atoms. The Morgan fingerprint density at radius 1 is 1.11 bits per heavy atom. The number of nitrogens with zero attached hydrogens (tertiary/aromatic N) is 1. The largest absolute Gasteiger partial charge is 0.356 e. The topological polar surface area (TPSA) is 26.0 Å². The normalized spacial score (nSPS) is 10.6. The van der Waals surface area contributed by atoms with E-state index in [1.807, 2.05) is 36.4 Å². The molecule has 19 heavy (non-hydrogen) atoms. The first kappa shape index (κ1) is 11.7. The molecule has 0 N–H and O–H groups in total. The monoisotopic (exact) mass is 252 g/mol. The fraction of sp³-hybridized carbons (Fsp3) is 0.0625. The van der Waals surface area contributed by atoms with Crippen LogP contribution in [-0.2, 0) is 6.42 Å². The molecule has 2 nitrogen and oxygen atoms in total. The summed E-state index contributed by atoms with van der Waals surface area (Å²) >= 11 is 0. The minimum Gasteiger partial charge on any atom is -0.356 e. The van der Waals surface area contributed by atoms with E-state index in [9.17, 15) is 4.39 Å². The zero-order valence-electron chi connectivity index (χ0n) is 10.1. The molecule has 0 aliphatic heterocycles. The van der Waals surface area contributed by atoms with Gasteiger partial charge in [-0.25, -0.2) is 4.39 Å². The Labute approximate surface area is 110 Å². The molecule has 1 aromatic heterocycles. The van der Waals surface area contributed by atoms with Crippen LogP contribution in [0.2, 0.25) is 0 Å². The fourth-order valence-electron chi connectivity index (χ4n) is 1.92. The Morgan fingerprint density at radius 3 is 2.74 bits per heavy atom. The summed E-state index contributed by atoms with van der Waals surface area (Å²) in [6.45, 7) is 0. The van der Waals surface area contributed by atoms with Gasteiger partial charge in [0.1, 0.15) is 5.82 Å². The van der Waals surface area contributed by atoms with Crippen molar-refractivity contribution in [3.63, 3.8) is 0 Å². The first-order valence-electron chi connectivity index (χ1n) is 5.99. The zero-order chi connectivity index (χ0) is 13.1. The average Bonchev–Trinajstić information content (AvgIpc) is 2.91. The minimum absolute atomic E-state index is 0.341. The lowest BCUT2D eigenvalue weighted by atomic mass is 10.1. The molecule has 0 spiro atoms. The van der Waals surface area contributed by atoms with Crippen molar-refractivity contribution < 1.29 is 8.91 Å². The smallest absolute Gasteiger partial charge is 0.167 e. The Balaban J connectivity index is 1.85. The van der Waals surface area contributed by atoms with Crippen molar-refractivity contribution >= 4 is 0 Å². The molecule has 3 rings (SSSR count). The van der Waals surface area contributed by atoms with Gasteiger partial charge in [-0.1, -0.05) is 53.7 Å². The maximum atomic E-state index is 13.5. The highest BCUT2D eigenvalue weighted by atomic mass is 19.1. The number of benzene rings is 2. The lowest BCUT2D eigenvalue weighted by Gasteiger charge is -1.97. The first-order valence-corrected chi connectivity index (χ1v) is 5.99. The van der Waals surface area contributed by atoms with Gasteiger partial charge in [-0.2, -0.15) is 0 Å². The lowest BCUT2D eigenvalue weighted by molar-refractivity contribution is 0.424. The highest BCUT2D eigenvalue weighted by molar-refractivity contribution is 5.57. The van der Waals surface area contributed by atoms with E-state index in [0.29, 0.717) is 23.4 Å². The highest BCUT2D eigenvalue weighted by Crippen LogP contribution is 2.21. The molecule has 1 radical (unpaired) electrons. The summed E-state index contributed by atoms with van der Waals surface area (Å²) in [6, 6.07) is 19.1. The lowest BCUT2D eigenvalue weighted by Crippen LogP contribution is -1.92.